The fourth-order valence-electron chi connectivity index (χ4n) is 4.29. The molecule has 3 aromatic rings. The van der Waals surface area contributed by atoms with E-state index in [2.05, 4.69) is 20.3 Å². The molecule has 0 spiro atoms. The Labute approximate surface area is 194 Å². The predicted molar refractivity (Wildman–Crippen MR) is 118 cm³/mol. The van der Waals surface area contributed by atoms with E-state index in [1.54, 1.807) is 29.2 Å². The highest BCUT2D eigenvalue weighted by atomic mass is 19.4. The number of aryl methyl sites for hydroxylation is 1. The monoisotopic (exact) mass is 474 g/mol. The second-order valence-corrected chi connectivity index (χ2v) is 8.76. The van der Waals surface area contributed by atoms with Crippen LogP contribution in [-0.4, -0.2) is 30.5 Å². The van der Waals surface area contributed by atoms with E-state index in [9.17, 15) is 23.1 Å². The summed E-state index contributed by atoms with van der Waals surface area (Å²) in [7, 11) is 0. The Bertz CT molecular complexity index is 1190. The van der Waals surface area contributed by atoms with E-state index in [1.165, 1.54) is 0 Å². The maximum atomic E-state index is 13.0. The molecule has 1 amide bonds. The van der Waals surface area contributed by atoms with Crippen molar-refractivity contribution in [2.45, 2.75) is 50.8 Å². The highest BCUT2D eigenvalue weighted by Gasteiger charge is 2.37. The molecule has 0 unspecified atom stereocenters. The number of nitrogens with one attached hydrogen (secondary N) is 1. The molecule has 1 aliphatic rings. The minimum Gasteiger partial charge on any atom is -0.383 e. The fraction of sp³-hybridized carbons (Fsp3) is 0.391. The van der Waals surface area contributed by atoms with Crippen molar-refractivity contribution >= 4 is 17.5 Å². The van der Waals surface area contributed by atoms with E-state index < -0.39 is 17.5 Å². The van der Waals surface area contributed by atoms with Crippen molar-refractivity contribution in [1.82, 2.24) is 19.5 Å². The second kappa shape index (κ2) is 9.05. The Balaban J connectivity index is 1.53. The molecule has 0 saturated heterocycles. The second-order valence-electron chi connectivity index (χ2n) is 8.76. The molecular weight excluding hydrogens is 449 g/mol. The molecule has 1 fully saturated rings. The Hall–Kier alpha value is -3.47. The first kappa shape index (κ1) is 23.7. The first-order valence-electron chi connectivity index (χ1n) is 10.9. The standard InChI is InChI=1S/C23H25F3N6O2/c1-14-8-16(30-21-28-7-4-18(31-21)23(24,25)26)11-17(9-14)32-12-19(29-13-32)22(34)5-2-15(3-6-22)10-20(27)33/h4,7-9,11-13,15,34H,2-3,5-6,10H2,1H3,(H2,27,33)(H,28,30,31)/t15-,22-. The summed E-state index contributed by atoms with van der Waals surface area (Å²) < 4.78 is 40.6. The number of anilines is 2. The molecule has 4 rings (SSSR count). The normalized spacial score (nSPS) is 20.8. The van der Waals surface area contributed by atoms with Crippen molar-refractivity contribution in [3.63, 3.8) is 0 Å². The van der Waals surface area contributed by atoms with Crippen molar-refractivity contribution in [2.75, 3.05) is 5.32 Å². The molecule has 0 aliphatic heterocycles. The van der Waals surface area contributed by atoms with Gasteiger partial charge in [0.15, 0.2) is 0 Å². The highest BCUT2D eigenvalue weighted by Crippen LogP contribution is 2.40. The van der Waals surface area contributed by atoms with Crippen LogP contribution in [0.3, 0.4) is 0 Å². The summed E-state index contributed by atoms with van der Waals surface area (Å²) in [5.41, 5.74) is 5.77. The molecule has 34 heavy (non-hydrogen) atoms. The first-order valence-corrected chi connectivity index (χ1v) is 10.9. The fourth-order valence-corrected chi connectivity index (χ4v) is 4.29. The largest absolute Gasteiger partial charge is 0.433 e. The zero-order valence-corrected chi connectivity index (χ0v) is 18.5. The number of halogens is 3. The summed E-state index contributed by atoms with van der Waals surface area (Å²) in [6.07, 6.45) is 2.46. The van der Waals surface area contributed by atoms with Gasteiger partial charge in [-0.05, 0) is 68.4 Å². The molecule has 2 heterocycles. The lowest BCUT2D eigenvalue weighted by atomic mass is 9.76. The van der Waals surface area contributed by atoms with Crippen LogP contribution in [0.4, 0.5) is 24.8 Å². The van der Waals surface area contributed by atoms with Gasteiger partial charge < -0.3 is 20.7 Å². The van der Waals surface area contributed by atoms with Gasteiger partial charge in [0.2, 0.25) is 11.9 Å². The molecule has 0 radical (unpaired) electrons. The molecule has 1 aromatic carbocycles. The zero-order valence-electron chi connectivity index (χ0n) is 18.5. The minimum atomic E-state index is -4.57. The van der Waals surface area contributed by atoms with E-state index in [0.717, 1.165) is 17.8 Å². The van der Waals surface area contributed by atoms with Crippen LogP contribution in [0.2, 0.25) is 0 Å². The Morgan fingerprint density at radius 3 is 2.68 bits per heavy atom. The van der Waals surface area contributed by atoms with E-state index in [1.807, 2.05) is 13.0 Å². The van der Waals surface area contributed by atoms with Crippen LogP contribution in [-0.2, 0) is 16.6 Å². The third-order valence-electron chi connectivity index (χ3n) is 6.04. The SMILES string of the molecule is Cc1cc(Nc2nccc(C(F)(F)F)n2)cc(-n2cnc([C@]3(O)CC[C@H](CC(N)=O)CC3)c2)c1. The predicted octanol–water partition coefficient (Wildman–Crippen LogP) is 3.99. The number of alkyl halides is 3. The van der Waals surface area contributed by atoms with Crippen molar-refractivity contribution in [3.05, 3.63) is 59.9 Å². The third kappa shape index (κ3) is 5.36. The minimum absolute atomic E-state index is 0.167. The van der Waals surface area contributed by atoms with E-state index in [4.69, 9.17) is 5.73 Å². The highest BCUT2D eigenvalue weighted by molar-refractivity contribution is 5.74. The lowest BCUT2D eigenvalue weighted by Crippen LogP contribution is -2.33. The molecular formula is C23H25F3N6O2. The average Bonchev–Trinajstić information content (AvgIpc) is 3.26. The van der Waals surface area contributed by atoms with E-state index in [0.29, 0.717) is 49.2 Å². The smallest absolute Gasteiger partial charge is 0.383 e. The van der Waals surface area contributed by atoms with Crippen LogP contribution in [0.25, 0.3) is 5.69 Å². The van der Waals surface area contributed by atoms with Gasteiger partial charge in [-0.15, -0.1) is 0 Å². The number of primary amides is 1. The van der Waals surface area contributed by atoms with Crippen molar-refractivity contribution in [2.24, 2.45) is 11.7 Å². The van der Waals surface area contributed by atoms with Gasteiger partial charge in [-0.25, -0.2) is 15.0 Å². The lowest BCUT2D eigenvalue weighted by molar-refractivity contribution is -0.141. The Kier molecular flexibility index (Phi) is 6.30. The number of carbonyl (C=O) groups excluding carboxylic acids is 1. The summed E-state index contributed by atoms with van der Waals surface area (Å²) >= 11 is 0. The van der Waals surface area contributed by atoms with Gasteiger partial charge in [0, 0.05) is 30.2 Å². The van der Waals surface area contributed by atoms with Gasteiger partial charge in [-0.1, -0.05) is 0 Å². The number of nitrogens with zero attached hydrogens (tertiary/aromatic N) is 4. The summed E-state index contributed by atoms with van der Waals surface area (Å²) in [4.78, 5) is 23.0. The average molecular weight is 474 g/mol. The molecule has 11 heteroatoms. The maximum Gasteiger partial charge on any atom is 0.433 e. The molecule has 1 saturated carbocycles. The van der Waals surface area contributed by atoms with Crippen LogP contribution in [0.15, 0.2) is 43.0 Å². The van der Waals surface area contributed by atoms with Gasteiger partial charge in [0.1, 0.15) is 11.3 Å². The number of hydrogen-bond donors (Lipinski definition) is 3. The molecule has 0 atom stereocenters. The zero-order chi connectivity index (χ0) is 24.5. The van der Waals surface area contributed by atoms with Gasteiger partial charge in [0.05, 0.1) is 12.0 Å². The lowest BCUT2D eigenvalue weighted by Gasteiger charge is -2.34. The van der Waals surface area contributed by atoms with Crippen molar-refractivity contribution in [1.29, 1.82) is 0 Å². The van der Waals surface area contributed by atoms with E-state index in [-0.39, 0.29) is 17.8 Å². The van der Waals surface area contributed by atoms with E-state index >= 15 is 0 Å². The van der Waals surface area contributed by atoms with Gasteiger partial charge in [0.25, 0.3) is 0 Å². The summed E-state index contributed by atoms with van der Waals surface area (Å²) in [5, 5.41) is 14.0. The number of aromatic nitrogens is 4. The summed E-state index contributed by atoms with van der Waals surface area (Å²) in [6, 6.07) is 6.19. The number of amides is 1. The molecule has 180 valence electrons. The van der Waals surface area contributed by atoms with Gasteiger partial charge >= 0.3 is 6.18 Å². The topological polar surface area (TPSA) is 119 Å². The number of rotatable bonds is 6. The Morgan fingerprint density at radius 1 is 1.26 bits per heavy atom. The molecule has 8 nitrogen and oxygen atoms in total. The summed E-state index contributed by atoms with van der Waals surface area (Å²) in [5.74, 6) is -0.331. The quantitative estimate of drug-likeness (QED) is 0.497. The molecule has 0 bridgehead atoms. The summed E-state index contributed by atoms with van der Waals surface area (Å²) in [6.45, 7) is 1.85. The number of benzene rings is 1. The van der Waals surface area contributed by atoms with Crippen LogP contribution >= 0.6 is 0 Å². The number of hydrogen-bond acceptors (Lipinski definition) is 6. The number of carbonyl (C=O) groups is 1. The van der Waals surface area contributed by atoms with Crippen LogP contribution in [0, 0.1) is 12.8 Å². The molecule has 2 aromatic heterocycles. The number of nitrogens with two attached hydrogens (primary N) is 1. The number of imidazole rings is 1. The molecule has 4 N–H and O–H groups in total. The van der Waals surface area contributed by atoms with Crippen LogP contribution in [0.1, 0.15) is 49.1 Å². The van der Waals surface area contributed by atoms with Crippen LogP contribution in [0.5, 0.6) is 0 Å². The van der Waals surface area contributed by atoms with Crippen LogP contribution < -0.4 is 11.1 Å². The molecule has 1 aliphatic carbocycles. The van der Waals surface area contributed by atoms with Gasteiger partial charge in [-0.3, -0.25) is 4.79 Å². The van der Waals surface area contributed by atoms with Crippen molar-refractivity contribution in [3.8, 4) is 5.69 Å². The third-order valence-corrected chi connectivity index (χ3v) is 6.04. The maximum absolute atomic E-state index is 13.0. The van der Waals surface area contributed by atoms with Crippen molar-refractivity contribution < 1.29 is 23.1 Å². The Morgan fingerprint density at radius 2 is 2.00 bits per heavy atom. The van der Waals surface area contributed by atoms with Gasteiger partial charge in [-0.2, -0.15) is 13.2 Å². The number of aliphatic hydroxyl groups is 1. The first-order chi connectivity index (χ1) is 16.0.